The quantitative estimate of drug-likeness (QED) is 0.849. The van der Waals surface area contributed by atoms with Crippen molar-refractivity contribution in [2.75, 3.05) is 0 Å². The highest BCUT2D eigenvalue weighted by Crippen LogP contribution is 2.22. The topological polar surface area (TPSA) is 41.1 Å². The van der Waals surface area contributed by atoms with Crippen LogP contribution in [0.25, 0.3) is 0 Å². The fraction of sp³-hybridized carbons (Fsp3) is 0.500. The van der Waals surface area contributed by atoms with Gasteiger partial charge in [0.15, 0.2) is 0 Å². The molecule has 0 aromatic heterocycles. The minimum absolute atomic E-state index is 0.0985. The Morgan fingerprint density at radius 1 is 1.39 bits per heavy atom. The fourth-order valence-corrected chi connectivity index (χ4v) is 1.68. The third kappa shape index (κ3) is 3.72. The normalized spacial score (nSPS) is 12.9. The minimum atomic E-state index is -0.747. The van der Waals surface area contributed by atoms with Crippen LogP contribution in [0, 0.1) is 5.82 Å². The summed E-state index contributed by atoms with van der Waals surface area (Å²) in [4.78, 5) is 11.8. The van der Waals surface area contributed by atoms with Crippen molar-refractivity contribution in [3.8, 4) is 0 Å². The van der Waals surface area contributed by atoms with Crippen LogP contribution in [0.2, 0.25) is 0 Å². The molecule has 4 heteroatoms. The molecule has 0 saturated heterocycles. The molecule has 1 aromatic rings. The van der Waals surface area contributed by atoms with Gasteiger partial charge in [-0.25, -0.2) is 9.18 Å². The molecule has 3 nitrogen and oxygen atoms in total. The molecular weight excluding hydrogens is 231 g/mol. The number of hydrogen-bond acceptors (Lipinski definition) is 1. The lowest BCUT2D eigenvalue weighted by Crippen LogP contribution is -2.49. The van der Waals surface area contributed by atoms with Gasteiger partial charge in [0.1, 0.15) is 5.82 Å². The van der Waals surface area contributed by atoms with Crippen LogP contribution >= 0.6 is 0 Å². The van der Waals surface area contributed by atoms with E-state index in [9.17, 15) is 9.18 Å². The highest BCUT2D eigenvalue weighted by atomic mass is 19.1. The smallest absolute Gasteiger partial charge is 0.315 e. The van der Waals surface area contributed by atoms with E-state index in [1.165, 1.54) is 6.07 Å². The second-order valence-electron chi connectivity index (χ2n) is 5.01. The van der Waals surface area contributed by atoms with Gasteiger partial charge in [-0.3, -0.25) is 0 Å². The fourth-order valence-electron chi connectivity index (χ4n) is 1.68. The number of carbonyl (C=O) groups excluding carboxylic acids is 1. The zero-order chi connectivity index (χ0) is 13.8. The summed E-state index contributed by atoms with van der Waals surface area (Å²) in [5.74, 6) is -0.314. The zero-order valence-electron chi connectivity index (χ0n) is 11.4. The predicted molar refractivity (Wildman–Crippen MR) is 70.8 cm³/mol. The summed E-state index contributed by atoms with van der Waals surface area (Å²) in [5, 5.41) is 5.59. The predicted octanol–water partition coefficient (Wildman–Crippen LogP) is 3.16. The molecule has 0 fully saturated rings. The van der Waals surface area contributed by atoms with E-state index < -0.39 is 5.54 Å². The lowest BCUT2D eigenvalue weighted by molar-refractivity contribution is 0.226. The number of nitrogens with one attached hydrogen (secondary N) is 2. The summed E-state index contributed by atoms with van der Waals surface area (Å²) in [6.45, 7) is 7.48. The van der Waals surface area contributed by atoms with Crippen LogP contribution in [0.4, 0.5) is 9.18 Å². The number of carbonyl (C=O) groups is 1. The number of benzene rings is 1. The molecule has 0 radical (unpaired) electrons. The molecule has 1 unspecified atom stereocenters. The van der Waals surface area contributed by atoms with Crippen molar-refractivity contribution in [1.82, 2.24) is 10.6 Å². The van der Waals surface area contributed by atoms with Crippen LogP contribution < -0.4 is 10.6 Å². The van der Waals surface area contributed by atoms with Crippen LogP contribution in [-0.2, 0) is 5.54 Å². The van der Waals surface area contributed by atoms with Gasteiger partial charge in [-0.05, 0) is 33.3 Å². The second-order valence-corrected chi connectivity index (χ2v) is 5.01. The van der Waals surface area contributed by atoms with Gasteiger partial charge in [-0.1, -0.05) is 25.1 Å². The zero-order valence-corrected chi connectivity index (χ0v) is 11.4. The van der Waals surface area contributed by atoms with Crippen LogP contribution in [0.5, 0.6) is 0 Å². The number of amides is 2. The number of urea groups is 1. The summed E-state index contributed by atoms with van der Waals surface area (Å²) in [6.07, 6.45) is 0.855. The molecule has 1 atom stereocenters. The molecule has 0 saturated carbocycles. The van der Waals surface area contributed by atoms with Crippen molar-refractivity contribution < 1.29 is 9.18 Å². The Morgan fingerprint density at radius 2 is 2.00 bits per heavy atom. The van der Waals surface area contributed by atoms with Crippen LogP contribution in [0.3, 0.4) is 0 Å². The van der Waals surface area contributed by atoms with E-state index in [1.54, 1.807) is 32.0 Å². The molecule has 0 aliphatic carbocycles. The lowest BCUT2D eigenvalue weighted by Gasteiger charge is -2.28. The first-order chi connectivity index (χ1) is 8.36. The molecule has 1 aromatic carbocycles. The van der Waals surface area contributed by atoms with Crippen molar-refractivity contribution in [1.29, 1.82) is 0 Å². The molecule has 2 N–H and O–H groups in total. The molecule has 0 aliphatic heterocycles. The average molecular weight is 252 g/mol. The Morgan fingerprint density at radius 3 is 2.56 bits per heavy atom. The van der Waals surface area contributed by atoms with Gasteiger partial charge >= 0.3 is 6.03 Å². The van der Waals surface area contributed by atoms with E-state index in [4.69, 9.17) is 0 Å². The van der Waals surface area contributed by atoms with E-state index >= 15 is 0 Å². The molecular formula is C14H21FN2O. The first kappa shape index (κ1) is 14.5. The Kier molecular flexibility index (Phi) is 4.70. The van der Waals surface area contributed by atoms with Gasteiger partial charge in [-0.15, -0.1) is 0 Å². The maximum Gasteiger partial charge on any atom is 0.315 e. The molecule has 0 bridgehead atoms. The number of rotatable bonds is 4. The highest BCUT2D eigenvalue weighted by molar-refractivity contribution is 5.75. The average Bonchev–Trinajstić information content (AvgIpc) is 2.28. The maximum atomic E-state index is 13.7. The highest BCUT2D eigenvalue weighted by Gasteiger charge is 2.25. The number of halogens is 1. The Balaban J connectivity index is 2.76. The van der Waals surface area contributed by atoms with Crippen molar-refractivity contribution in [3.63, 3.8) is 0 Å². The van der Waals surface area contributed by atoms with Gasteiger partial charge in [0, 0.05) is 11.6 Å². The van der Waals surface area contributed by atoms with Crippen molar-refractivity contribution in [3.05, 3.63) is 35.6 Å². The molecule has 2 amide bonds. The van der Waals surface area contributed by atoms with E-state index in [-0.39, 0.29) is 17.9 Å². The summed E-state index contributed by atoms with van der Waals surface area (Å²) in [7, 11) is 0. The summed E-state index contributed by atoms with van der Waals surface area (Å²) in [6, 6.07) is 6.28. The second kappa shape index (κ2) is 5.85. The monoisotopic (exact) mass is 252 g/mol. The van der Waals surface area contributed by atoms with Gasteiger partial charge in [0.05, 0.1) is 5.54 Å². The van der Waals surface area contributed by atoms with E-state index in [1.807, 2.05) is 13.8 Å². The third-order valence-corrected chi connectivity index (χ3v) is 2.96. The van der Waals surface area contributed by atoms with Crippen LogP contribution in [0.15, 0.2) is 24.3 Å². The Hall–Kier alpha value is -1.58. The minimum Gasteiger partial charge on any atom is -0.336 e. The molecule has 0 spiro atoms. The molecule has 0 heterocycles. The van der Waals surface area contributed by atoms with Crippen molar-refractivity contribution in [2.45, 2.75) is 45.7 Å². The van der Waals surface area contributed by atoms with Gasteiger partial charge in [0.25, 0.3) is 0 Å². The van der Waals surface area contributed by atoms with E-state index in [2.05, 4.69) is 10.6 Å². The molecule has 0 aliphatic rings. The summed E-state index contributed by atoms with van der Waals surface area (Å²) >= 11 is 0. The van der Waals surface area contributed by atoms with Crippen molar-refractivity contribution >= 4 is 6.03 Å². The molecule has 1 rings (SSSR count). The van der Waals surface area contributed by atoms with E-state index in [0.29, 0.717) is 5.56 Å². The Bertz CT molecular complexity index is 418. The van der Waals surface area contributed by atoms with E-state index in [0.717, 1.165) is 6.42 Å². The van der Waals surface area contributed by atoms with Crippen molar-refractivity contribution in [2.24, 2.45) is 0 Å². The van der Waals surface area contributed by atoms with Gasteiger partial charge in [0.2, 0.25) is 0 Å². The summed E-state index contributed by atoms with van der Waals surface area (Å²) < 4.78 is 13.7. The van der Waals surface area contributed by atoms with Crippen LogP contribution in [0.1, 0.15) is 39.7 Å². The van der Waals surface area contributed by atoms with Crippen LogP contribution in [-0.4, -0.2) is 12.1 Å². The largest absolute Gasteiger partial charge is 0.336 e. The standard InChI is InChI=1S/C14H21FN2O/c1-5-10(2)16-13(18)17-14(3,4)11-8-6-7-9-12(11)15/h6-10H,5H2,1-4H3,(H2,16,17,18). The first-order valence-corrected chi connectivity index (χ1v) is 6.20. The summed E-state index contributed by atoms with van der Waals surface area (Å²) in [5.41, 5.74) is -0.271. The third-order valence-electron chi connectivity index (χ3n) is 2.96. The lowest BCUT2D eigenvalue weighted by atomic mass is 9.94. The molecule has 18 heavy (non-hydrogen) atoms. The SMILES string of the molecule is CCC(C)NC(=O)NC(C)(C)c1ccccc1F. The van der Waals surface area contributed by atoms with Gasteiger partial charge in [-0.2, -0.15) is 0 Å². The molecule has 100 valence electrons. The van der Waals surface area contributed by atoms with Gasteiger partial charge < -0.3 is 10.6 Å². The first-order valence-electron chi connectivity index (χ1n) is 6.20. The number of hydrogen-bond donors (Lipinski definition) is 2. The Labute approximate surface area is 108 Å². The maximum absolute atomic E-state index is 13.7.